The molecule has 0 unspecified atom stereocenters. The van der Waals surface area contributed by atoms with E-state index in [4.69, 9.17) is 0 Å². The molecule has 0 radical (unpaired) electrons. The van der Waals surface area contributed by atoms with E-state index in [1.54, 1.807) is 4.90 Å². The van der Waals surface area contributed by atoms with Gasteiger partial charge in [0.25, 0.3) is 0 Å². The van der Waals surface area contributed by atoms with Gasteiger partial charge in [-0.1, -0.05) is 22.0 Å². The van der Waals surface area contributed by atoms with Gasteiger partial charge in [0, 0.05) is 22.4 Å². The molecule has 0 bridgehead atoms. The Bertz CT molecular complexity index is 749. The summed E-state index contributed by atoms with van der Waals surface area (Å²) < 4.78 is 13.8. The number of hydrogen-bond donors (Lipinski definition) is 1. The molecule has 3 rings (SSSR count). The number of carbonyl (C=O) groups is 2. The highest BCUT2D eigenvalue weighted by Gasteiger charge is 2.37. The van der Waals surface area contributed by atoms with Crippen molar-refractivity contribution in [3.63, 3.8) is 0 Å². The van der Waals surface area contributed by atoms with Gasteiger partial charge in [-0.25, -0.2) is 4.39 Å². The molecule has 6 heteroatoms. The van der Waals surface area contributed by atoms with Gasteiger partial charge in [0.05, 0.1) is 0 Å². The Balaban J connectivity index is 1.71. The summed E-state index contributed by atoms with van der Waals surface area (Å²) in [7, 11) is 0. The first-order chi connectivity index (χ1) is 11.0. The number of anilines is 2. The lowest BCUT2D eigenvalue weighted by atomic mass is 10.1. The van der Waals surface area contributed by atoms with Gasteiger partial charge in [-0.3, -0.25) is 9.59 Å². The van der Waals surface area contributed by atoms with Gasteiger partial charge >= 0.3 is 0 Å². The zero-order valence-electron chi connectivity index (χ0n) is 12.1. The van der Waals surface area contributed by atoms with Crippen LogP contribution in [0.5, 0.6) is 0 Å². The van der Waals surface area contributed by atoms with Crippen molar-refractivity contribution in [2.45, 2.75) is 6.42 Å². The van der Waals surface area contributed by atoms with Crippen molar-refractivity contribution in [2.75, 3.05) is 16.8 Å². The van der Waals surface area contributed by atoms with Gasteiger partial charge in [-0.2, -0.15) is 0 Å². The van der Waals surface area contributed by atoms with Crippen LogP contribution in [-0.2, 0) is 9.59 Å². The summed E-state index contributed by atoms with van der Waals surface area (Å²) in [4.78, 5) is 26.4. The Morgan fingerprint density at radius 2 is 1.96 bits per heavy atom. The maximum atomic E-state index is 12.9. The average Bonchev–Trinajstić information content (AvgIpc) is 2.91. The molecule has 118 valence electrons. The van der Waals surface area contributed by atoms with Gasteiger partial charge in [0.15, 0.2) is 0 Å². The topological polar surface area (TPSA) is 49.4 Å². The van der Waals surface area contributed by atoms with E-state index in [0.29, 0.717) is 18.7 Å². The first-order valence-electron chi connectivity index (χ1n) is 7.18. The molecule has 1 aliphatic rings. The Morgan fingerprint density at radius 1 is 1.22 bits per heavy atom. The molecule has 1 N–H and O–H groups in total. The fourth-order valence-electron chi connectivity index (χ4n) is 2.59. The predicted molar refractivity (Wildman–Crippen MR) is 89.6 cm³/mol. The number of amides is 2. The summed E-state index contributed by atoms with van der Waals surface area (Å²) >= 11 is 3.38. The molecule has 23 heavy (non-hydrogen) atoms. The van der Waals surface area contributed by atoms with Crippen LogP contribution in [-0.4, -0.2) is 18.4 Å². The van der Waals surface area contributed by atoms with E-state index >= 15 is 0 Å². The molecule has 1 fully saturated rings. The largest absolute Gasteiger partial charge is 0.325 e. The normalized spacial score (nSPS) is 17.4. The van der Waals surface area contributed by atoms with E-state index in [-0.39, 0.29) is 17.6 Å². The van der Waals surface area contributed by atoms with E-state index in [0.717, 1.165) is 10.2 Å². The number of halogens is 2. The molecular weight excluding hydrogens is 363 g/mol. The van der Waals surface area contributed by atoms with Crippen LogP contribution < -0.4 is 10.2 Å². The molecule has 2 aromatic carbocycles. The molecular formula is C17H14BrFN2O2. The van der Waals surface area contributed by atoms with Crippen LogP contribution in [0.4, 0.5) is 15.8 Å². The standard InChI is InChI=1S/C17H14BrFN2O2/c18-11-2-1-3-14(10-11)21-9-8-15(17(21)23)16(22)20-13-6-4-12(19)5-7-13/h1-7,10,15H,8-9H2,(H,20,22)/t15-/m1/s1. The summed E-state index contributed by atoms with van der Waals surface area (Å²) in [5.74, 6) is -1.68. The molecule has 1 saturated heterocycles. The minimum Gasteiger partial charge on any atom is -0.325 e. The average molecular weight is 377 g/mol. The van der Waals surface area contributed by atoms with E-state index in [1.807, 2.05) is 24.3 Å². The number of carbonyl (C=O) groups excluding carboxylic acids is 2. The summed E-state index contributed by atoms with van der Waals surface area (Å²) in [5, 5.41) is 2.66. The molecule has 1 atom stereocenters. The molecule has 1 aliphatic heterocycles. The van der Waals surface area contributed by atoms with Crippen LogP contribution in [0.1, 0.15) is 6.42 Å². The summed E-state index contributed by atoms with van der Waals surface area (Å²) in [6.07, 6.45) is 0.457. The third kappa shape index (κ3) is 3.42. The zero-order chi connectivity index (χ0) is 16.4. The van der Waals surface area contributed by atoms with Crippen LogP contribution in [0.2, 0.25) is 0 Å². The lowest BCUT2D eigenvalue weighted by Crippen LogP contribution is -2.33. The van der Waals surface area contributed by atoms with Crippen molar-refractivity contribution < 1.29 is 14.0 Å². The van der Waals surface area contributed by atoms with Crippen LogP contribution in [0.15, 0.2) is 53.0 Å². The monoisotopic (exact) mass is 376 g/mol. The highest BCUT2D eigenvalue weighted by atomic mass is 79.9. The summed E-state index contributed by atoms with van der Waals surface area (Å²) in [5.41, 5.74) is 1.24. The minimum atomic E-state index is -0.723. The van der Waals surface area contributed by atoms with Crippen LogP contribution in [0, 0.1) is 11.7 Å². The van der Waals surface area contributed by atoms with E-state index in [2.05, 4.69) is 21.2 Å². The van der Waals surface area contributed by atoms with Crippen LogP contribution in [0.3, 0.4) is 0 Å². The van der Waals surface area contributed by atoms with Crippen LogP contribution in [0.25, 0.3) is 0 Å². The molecule has 1 heterocycles. The van der Waals surface area contributed by atoms with Gasteiger partial charge < -0.3 is 10.2 Å². The fraction of sp³-hybridized carbons (Fsp3) is 0.176. The Labute approximate surface area is 141 Å². The van der Waals surface area contributed by atoms with Crippen molar-refractivity contribution in [3.8, 4) is 0 Å². The molecule has 2 aromatic rings. The van der Waals surface area contributed by atoms with Crippen molar-refractivity contribution >= 4 is 39.1 Å². The van der Waals surface area contributed by atoms with Crippen molar-refractivity contribution in [1.29, 1.82) is 0 Å². The number of rotatable bonds is 3. The van der Waals surface area contributed by atoms with Gasteiger partial charge in [-0.15, -0.1) is 0 Å². The van der Waals surface area contributed by atoms with E-state index < -0.39 is 5.92 Å². The number of nitrogens with zero attached hydrogens (tertiary/aromatic N) is 1. The van der Waals surface area contributed by atoms with Gasteiger partial charge in [0.2, 0.25) is 11.8 Å². The molecule has 0 aliphatic carbocycles. The smallest absolute Gasteiger partial charge is 0.239 e. The number of nitrogens with one attached hydrogen (secondary N) is 1. The SMILES string of the molecule is O=C(Nc1ccc(F)cc1)[C@H]1CCN(c2cccc(Br)c2)C1=O. The van der Waals surface area contributed by atoms with Crippen molar-refractivity contribution in [3.05, 3.63) is 58.8 Å². The first kappa shape index (κ1) is 15.7. The van der Waals surface area contributed by atoms with Gasteiger partial charge in [0.1, 0.15) is 11.7 Å². The highest BCUT2D eigenvalue weighted by Crippen LogP contribution is 2.28. The van der Waals surface area contributed by atoms with Gasteiger partial charge in [-0.05, 0) is 48.9 Å². The van der Waals surface area contributed by atoms with E-state index in [1.165, 1.54) is 24.3 Å². The Morgan fingerprint density at radius 3 is 2.65 bits per heavy atom. The van der Waals surface area contributed by atoms with Crippen molar-refractivity contribution in [1.82, 2.24) is 0 Å². The Kier molecular flexibility index (Phi) is 4.43. The predicted octanol–water partition coefficient (Wildman–Crippen LogP) is 3.58. The molecule has 4 nitrogen and oxygen atoms in total. The first-order valence-corrected chi connectivity index (χ1v) is 7.97. The second-order valence-electron chi connectivity index (χ2n) is 5.31. The third-order valence-electron chi connectivity index (χ3n) is 3.75. The second-order valence-corrected chi connectivity index (χ2v) is 6.22. The zero-order valence-corrected chi connectivity index (χ0v) is 13.7. The summed E-state index contributed by atoms with van der Waals surface area (Å²) in [6, 6.07) is 12.9. The molecule has 0 saturated carbocycles. The maximum Gasteiger partial charge on any atom is 0.239 e. The number of hydrogen-bond acceptors (Lipinski definition) is 2. The lowest BCUT2D eigenvalue weighted by Gasteiger charge is -2.17. The minimum absolute atomic E-state index is 0.220. The fourth-order valence-corrected chi connectivity index (χ4v) is 2.97. The van der Waals surface area contributed by atoms with E-state index in [9.17, 15) is 14.0 Å². The number of benzene rings is 2. The molecule has 0 aromatic heterocycles. The molecule has 2 amide bonds. The summed E-state index contributed by atoms with van der Waals surface area (Å²) in [6.45, 7) is 0.497. The maximum absolute atomic E-state index is 12.9. The molecule has 0 spiro atoms. The van der Waals surface area contributed by atoms with Crippen molar-refractivity contribution in [2.24, 2.45) is 5.92 Å². The second kappa shape index (κ2) is 6.50. The lowest BCUT2D eigenvalue weighted by molar-refractivity contribution is -0.129. The van der Waals surface area contributed by atoms with Crippen LogP contribution >= 0.6 is 15.9 Å². The highest BCUT2D eigenvalue weighted by molar-refractivity contribution is 9.10. The Hall–Kier alpha value is -2.21. The quantitative estimate of drug-likeness (QED) is 0.832. The third-order valence-corrected chi connectivity index (χ3v) is 4.25.